The number of hydrogen-bond donors (Lipinski definition) is 1. The van der Waals surface area contributed by atoms with Crippen molar-refractivity contribution in [2.75, 3.05) is 19.6 Å². The van der Waals surface area contributed by atoms with E-state index in [1.165, 1.54) is 6.42 Å². The van der Waals surface area contributed by atoms with Gasteiger partial charge in [0.15, 0.2) is 0 Å². The van der Waals surface area contributed by atoms with Crippen LogP contribution in [0.25, 0.3) is 0 Å². The van der Waals surface area contributed by atoms with Crippen molar-refractivity contribution >= 4 is 5.91 Å². The zero-order valence-corrected chi connectivity index (χ0v) is 11.5. The van der Waals surface area contributed by atoms with E-state index in [1.807, 2.05) is 0 Å². The summed E-state index contributed by atoms with van der Waals surface area (Å²) in [5.41, 5.74) is 5.44. The topological polar surface area (TPSA) is 46.3 Å². The number of rotatable bonds is 6. The summed E-state index contributed by atoms with van der Waals surface area (Å²) in [5, 5.41) is 0. The minimum Gasteiger partial charge on any atom is -0.342 e. The Kier molecular flexibility index (Phi) is 6.56. The predicted molar refractivity (Wildman–Crippen MR) is 71.7 cm³/mol. The first-order chi connectivity index (χ1) is 8.13. The van der Waals surface area contributed by atoms with Crippen molar-refractivity contribution in [1.82, 2.24) is 4.90 Å². The molecule has 1 saturated heterocycles. The lowest BCUT2D eigenvalue weighted by Gasteiger charge is -2.35. The average molecular weight is 240 g/mol. The molecule has 3 heteroatoms. The third-order valence-corrected chi connectivity index (χ3v) is 3.57. The number of carbonyl (C=O) groups is 1. The summed E-state index contributed by atoms with van der Waals surface area (Å²) >= 11 is 0. The van der Waals surface area contributed by atoms with Gasteiger partial charge in [-0.25, -0.2) is 0 Å². The minimum absolute atomic E-state index is 0.358. The number of hydrogen-bond acceptors (Lipinski definition) is 2. The largest absolute Gasteiger partial charge is 0.342 e. The highest BCUT2D eigenvalue weighted by molar-refractivity contribution is 5.76. The number of piperidine rings is 1. The fourth-order valence-electron chi connectivity index (χ4n) is 2.80. The molecule has 100 valence electrons. The van der Waals surface area contributed by atoms with Crippen LogP contribution in [0.3, 0.4) is 0 Å². The van der Waals surface area contributed by atoms with E-state index in [4.69, 9.17) is 5.73 Å². The van der Waals surface area contributed by atoms with Gasteiger partial charge in [-0.1, -0.05) is 26.7 Å². The van der Waals surface area contributed by atoms with E-state index in [0.717, 1.165) is 51.7 Å². The molecule has 0 radical (unpaired) electrons. The van der Waals surface area contributed by atoms with Gasteiger partial charge in [-0.05, 0) is 37.6 Å². The maximum absolute atomic E-state index is 12.0. The Morgan fingerprint density at radius 1 is 1.12 bits per heavy atom. The van der Waals surface area contributed by atoms with Crippen LogP contribution in [-0.4, -0.2) is 30.4 Å². The lowest BCUT2D eigenvalue weighted by molar-refractivity contribution is -0.134. The first-order valence-corrected chi connectivity index (χ1v) is 7.11. The third-order valence-electron chi connectivity index (χ3n) is 3.57. The van der Waals surface area contributed by atoms with Crippen molar-refractivity contribution in [3.63, 3.8) is 0 Å². The molecule has 1 aliphatic heterocycles. The molecule has 0 aromatic carbocycles. The molecule has 2 N–H and O–H groups in total. The molecule has 1 heterocycles. The first-order valence-electron chi connectivity index (χ1n) is 7.11. The zero-order valence-electron chi connectivity index (χ0n) is 11.5. The van der Waals surface area contributed by atoms with Crippen LogP contribution in [0.4, 0.5) is 0 Å². The van der Waals surface area contributed by atoms with Crippen LogP contribution in [0.1, 0.15) is 52.4 Å². The van der Waals surface area contributed by atoms with E-state index in [2.05, 4.69) is 18.7 Å². The Morgan fingerprint density at radius 3 is 2.29 bits per heavy atom. The maximum atomic E-state index is 12.0. The van der Waals surface area contributed by atoms with Crippen molar-refractivity contribution < 1.29 is 4.79 Å². The number of nitrogens with zero attached hydrogens (tertiary/aromatic N) is 1. The van der Waals surface area contributed by atoms with Crippen molar-refractivity contribution in [2.24, 2.45) is 17.6 Å². The highest BCUT2D eigenvalue weighted by atomic mass is 16.2. The molecule has 0 spiro atoms. The second-order valence-corrected chi connectivity index (χ2v) is 5.70. The summed E-state index contributed by atoms with van der Waals surface area (Å²) in [6.45, 7) is 7.20. The molecule has 0 aliphatic carbocycles. The lowest BCUT2D eigenvalue weighted by atomic mass is 9.91. The second kappa shape index (κ2) is 7.70. The highest BCUT2D eigenvalue weighted by Crippen LogP contribution is 2.21. The normalized spacial score (nSPS) is 25.0. The molecule has 17 heavy (non-hydrogen) atoms. The predicted octanol–water partition coefficient (Wildman–Crippen LogP) is 2.40. The van der Waals surface area contributed by atoms with Crippen LogP contribution in [0.2, 0.25) is 0 Å². The van der Waals surface area contributed by atoms with Crippen molar-refractivity contribution in [3.8, 4) is 0 Å². The Morgan fingerprint density at radius 2 is 1.71 bits per heavy atom. The van der Waals surface area contributed by atoms with Gasteiger partial charge in [0.2, 0.25) is 5.91 Å². The van der Waals surface area contributed by atoms with Gasteiger partial charge >= 0.3 is 0 Å². The molecule has 1 rings (SSSR count). The summed E-state index contributed by atoms with van der Waals surface area (Å²) in [5.74, 6) is 1.69. The molecule has 1 amide bonds. The molecule has 0 bridgehead atoms. The number of nitrogens with two attached hydrogens (primary N) is 1. The van der Waals surface area contributed by atoms with E-state index in [1.54, 1.807) is 0 Å². The molecule has 3 nitrogen and oxygen atoms in total. The Hall–Kier alpha value is -0.570. The smallest absolute Gasteiger partial charge is 0.222 e. The van der Waals surface area contributed by atoms with Crippen LogP contribution >= 0.6 is 0 Å². The molecule has 0 saturated carbocycles. The fraction of sp³-hybridized carbons (Fsp3) is 0.929. The van der Waals surface area contributed by atoms with Crippen LogP contribution in [0.15, 0.2) is 0 Å². The van der Waals surface area contributed by atoms with Crippen molar-refractivity contribution in [3.05, 3.63) is 0 Å². The van der Waals surface area contributed by atoms with Crippen molar-refractivity contribution in [1.29, 1.82) is 0 Å². The van der Waals surface area contributed by atoms with Gasteiger partial charge in [-0.3, -0.25) is 4.79 Å². The molecule has 1 fully saturated rings. The van der Waals surface area contributed by atoms with Gasteiger partial charge in [0.25, 0.3) is 0 Å². The molecular formula is C14H28N2O. The van der Waals surface area contributed by atoms with Gasteiger partial charge in [0, 0.05) is 19.5 Å². The Balaban J connectivity index is 2.18. The number of amides is 1. The van der Waals surface area contributed by atoms with E-state index in [0.29, 0.717) is 17.7 Å². The molecular weight excluding hydrogens is 212 g/mol. The SMILES string of the molecule is CC1CC(C)CN(C(=O)CCCCCCN)C1. The molecule has 0 aromatic heterocycles. The highest BCUT2D eigenvalue weighted by Gasteiger charge is 2.24. The summed E-state index contributed by atoms with van der Waals surface area (Å²) < 4.78 is 0. The Bertz CT molecular complexity index is 220. The van der Waals surface area contributed by atoms with Crippen LogP contribution in [0, 0.1) is 11.8 Å². The monoisotopic (exact) mass is 240 g/mol. The number of carbonyl (C=O) groups excluding carboxylic acids is 1. The van der Waals surface area contributed by atoms with Crippen LogP contribution in [0.5, 0.6) is 0 Å². The van der Waals surface area contributed by atoms with Crippen LogP contribution < -0.4 is 5.73 Å². The minimum atomic E-state index is 0.358. The first kappa shape index (κ1) is 14.5. The molecule has 0 aromatic rings. The second-order valence-electron chi connectivity index (χ2n) is 5.70. The van der Waals surface area contributed by atoms with Gasteiger partial charge in [-0.15, -0.1) is 0 Å². The fourth-order valence-corrected chi connectivity index (χ4v) is 2.80. The third kappa shape index (κ3) is 5.53. The van der Waals surface area contributed by atoms with Crippen LogP contribution in [-0.2, 0) is 4.79 Å². The quantitative estimate of drug-likeness (QED) is 0.725. The number of likely N-dealkylation sites (tertiary alicyclic amines) is 1. The number of unbranched alkanes of at least 4 members (excludes halogenated alkanes) is 3. The summed E-state index contributed by atoms with van der Waals surface area (Å²) in [7, 11) is 0. The zero-order chi connectivity index (χ0) is 12.7. The van der Waals surface area contributed by atoms with E-state index >= 15 is 0 Å². The molecule has 2 atom stereocenters. The summed E-state index contributed by atoms with van der Waals surface area (Å²) in [4.78, 5) is 14.1. The van der Waals surface area contributed by atoms with Gasteiger partial charge in [-0.2, -0.15) is 0 Å². The standard InChI is InChI=1S/C14H28N2O/c1-12-9-13(2)11-16(10-12)14(17)7-5-3-4-6-8-15/h12-13H,3-11,15H2,1-2H3. The van der Waals surface area contributed by atoms with E-state index in [9.17, 15) is 4.79 Å². The lowest BCUT2D eigenvalue weighted by Crippen LogP contribution is -2.42. The maximum Gasteiger partial charge on any atom is 0.222 e. The van der Waals surface area contributed by atoms with Gasteiger partial charge in [0.05, 0.1) is 0 Å². The summed E-state index contributed by atoms with van der Waals surface area (Å²) in [6, 6.07) is 0. The van der Waals surface area contributed by atoms with Crippen molar-refractivity contribution in [2.45, 2.75) is 52.4 Å². The summed E-state index contributed by atoms with van der Waals surface area (Å²) in [6.07, 6.45) is 6.41. The average Bonchev–Trinajstić information content (AvgIpc) is 2.27. The van der Waals surface area contributed by atoms with E-state index in [-0.39, 0.29) is 0 Å². The van der Waals surface area contributed by atoms with Gasteiger partial charge in [0.1, 0.15) is 0 Å². The molecule has 2 unspecified atom stereocenters. The molecule has 1 aliphatic rings. The Labute approximate surface area is 106 Å². The van der Waals surface area contributed by atoms with Gasteiger partial charge < -0.3 is 10.6 Å². The van der Waals surface area contributed by atoms with E-state index < -0.39 is 0 Å².